The summed E-state index contributed by atoms with van der Waals surface area (Å²) < 4.78 is 0. The molecule has 7 heteroatoms. The van der Waals surface area contributed by atoms with Gasteiger partial charge in [0.1, 0.15) is 22.5 Å². The number of benzene rings is 2. The molecule has 1 N–H and O–H groups in total. The van der Waals surface area contributed by atoms with E-state index in [2.05, 4.69) is 5.32 Å². The first-order valence-corrected chi connectivity index (χ1v) is 8.91. The first-order chi connectivity index (χ1) is 13.4. The summed E-state index contributed by atoms with van der Waals surface area (Å²) in [5.74, 6) is -0.852. The van der Waals surface area contributed by atoms with Gasteiger partial charge in [0.2, 0.25) is 0 Å². The van der Waals surface area contributed by atoms with Crippen molar-refractivity contribution >= 4 is 40.5 Å². The third kappa shape index (κ3) is 2.56. The van der Waals surface area contributed by atoms with Gasteiger partial charge in [-0.25, -0.2) is 4.90 Å². The fourth-order valence-electron chi connectivity index (χ4n) is 3.31. The van der Waals surface area contributed by atoms with E-state index in [0.717, 1.165) is 21.8 Å². The SMILES string of the molecule is Cc1ccc(N2C(=O)C(Cl)=C(C(C#N)=C3Nc4ccccc4N3C)C2=O)cc1. The number of hydrogen-bond donors (Lipinski definition) is 1. The van der Waals surface area contributed by atoms with Crippen molar-refractivity contribution in [2.45, 2.75) is 6.92 Å². The van der Waals surface area contributed by atoms with Gasteiger partial charge >= 0.3 is 0 Å². The number of imide groups is 1. The maximum Gasteiger partial charge on any atom is 0.277 e. The van der Waals surface area contributed by atoms with Crippen LogP contribution in [-0.2, 0) is 9.59 Å². The number of fused-ring (bicyclic) bond motifs is 1. The van der Waals surface area contributed by atoms with E-state index in [1.807, 2.05) is 37.3 Å². The zero-order valence-corrected chi connectivity index (χ0v) is 15.9. The van der Waals surface area contributed by atoms with Gasteiger partial charge in [-0.3, -0.25) is 9.59 Å². The Kier molecular flexibility index (Phi) is 4.17. The van der Waals surface area contributed by atoms with Crippen molar-refractivity contribution in [3.63, 3.8) is 0 Å². The van der Waals surface area contributed by atoms with Gasteiger partial charge in [0, 0.05) is 7.05 Å². The normalized spacial score (nSPS) is 17.6. The number of hydrogen-bond acceptors (Lipinski definition) is 5. The first kappa shape index (κ1) is 17.8. The van der Waals surface area contributed by atoms with E-state index in [4.69, 9.17) is 11.6 Å². The molecule has 2 aliphatic heterocycles. The average molecular weight is 391 g/mol. The maximum absolute atomic E-state index is 13.1. The Morgan fingerprint density at radius 1 is 1.07 bits per heavy atom. The maximum atomic E-state index is 13.1. The van der Waals surface area contributed by atoms with Crippen LogP contribution in [0.5, 0.6) is 0 Å². The third-order valence-corrected chi connectivity index (χ3v) is 5.12. The molecule has 2 aromatic carbocycles. The van der Waals surface area contributed by atoms with Crippen LogP contribution < -0.4 is 15.1 Å². The van der Waals surface area contributed by atoms with Crippen molar-refractivity contribution in [1.29, 1.82) is 5.26 Å². The molecule has 0 aliphatic carbocycles. The molecule has 0 spiro atoms. The Bertz CT molecular complexity index is 1130. The van der Waals surface area contributed by atoms with Crippen molar-refractivity contribution in [2.75, 3.05) is 22.2 Å². The summed E-state index contributed by atoms with van der Waals surface area (Å²) in [6, 6.07) is 16.5. The summed E-state index contributed by atoms with van der Waals surface area (Å²) >= 11 is 6.25. The molecule has 2 heterocycles. The van der Waals surface area contributed by atoms with Gasteiger partial charge in [-0.05, 0) is 31.2 Å². The number of nitriles is 1. The molecule has 2 aliphatic rings. The van der Waals surface area contributed by atoms with Crippen LogP contribution in [-0.4, -0.2) is 18.9 Å². The highest BCUT2D eigenvalue weighted by atomic mass is 35.5. The molecule has 0 radical (unpaired) electrons. The number of halogens is 1. The van der Waals surface area contributed by atoms with Crippen LogP contribution in [0.3, 0.4) is 0 Å². The fourth-order valence-corrected chi connectivity index (χ4v) is 3.57. The van der Waals surface area contributed by atoms with Crippen molar-refractivity contribution in [2.24, 2.45) is 0 Å². The van der Waals surface area contributed by atoms with E-state index in [1.54, 1.807) is 36.2 Å². The number of rotatable bonds is 2. The van der Waals surface area contributed by atoms with Crippen molar-refractivity contribution in [3.8, 4) is 6.07 Å². The minimum atomic E-state index is -0.642. The van der Waals surface area contributed by atoms with Gasteiger partial charge < -0.3 is 10.2 Å². The van der Waals surface area contributed by atoms with Gasteiger partial charge in [0.05, 0.1) is 22.6 Å². The van der Waals surface area contributed by atoms with Gasteiger partial charge in [-0.2, -0.15) is 5.26 Å². The van der Waals surface area contributed by atoms with Crippen LogP contribution in [0.1, 0.15) is 5.56 Å². The summed E-state index contributed by atoms with van der Waals surface area (Å²) in [5.41, 5.74) is 2.99. The molecule has 6 nitrogen and oxygen atoms in total. The van der Waals surface area contributed by atoms with Gasteiger partial charge in [-0.15, -0.1) is 0 Å². The Hall–Kier alpha value is -3.56. The number of carbonyl (C=O) groups is 2. The molecule has 2 amide bonds. The Morgan fingerprint density at radius 3 is 2.39 bits per heavy atom. The van der Waals surface area contributed by atoms with Crippen LogP contribution in [0.15, 0.2) is 70.5 Å². The standard InChI is InChI=1S/C21H15ClN4O2/c1-12-7-9-13(10-8-12)26-20(27)17(18(22)21(26)28)14(11-23)19-24-15-5-3-4-6-16(15)25(19)2/h3-10,24H,1-2H3. The second kappa shape index (κ2) is 6.55. The lowest BCUT2D eigenvalue weighted by Gasteiger charge is -2.17. The smallest absolute Gasteiger partial charge is 0.277 e. The molecule has 0 saturated carbocycles. The van der Waals surface area contributed by atoms with E-state index in [0.29, 0.717) is 11.5 Å². The summed E-state index contributed by atoms with van der Waals surface area (Å²) in [6.45, 7) is 1.91. The molecule has 0 saturated heterocycles. The molecule has 2 aromatic rings. The van der Waals surface area contributed by atoms with Crippen LogP contribution in [0, 0.1) is 18.3 Å². The molecule has 138 valence electrons. The van der Waals surface area contributed by atoms with Gasteiger partial charge in [0.25, 0.3) is 11.8 Å². The summed E-state index contributed by atoms with van der Waals surface area (Å²) in [5, 5.41) is 12.7. The third-order valence-electron chi connectivity index (χ3n) is 4.77. The van der Waals surface area contributed by atoms with Gasteiger partial charge in [0.15, 0.2) is 0 Å². The first-order valence-electron chi connectivity index (χ1n) is 8.53. The van der Waals surface area contributed by atoms with Crippen LogP contribution in [0.4, 0.5) is 17.1 Å². The predicted molar refractivity (Wildman–Crippen MR) is 108 cm³/mol. The summed E-state index contributed by atoms with van der Waals surface area (Å²) in [6.07, 6.45) is 0. The van der Waals surface area contributed by atoms with E-state index < -0.39 is 11.8 Å². The van der Waals surface area contributed by atoms with Crippen molar-refractivity contribution in [1.82, 2.24) is 0 Å². The number of aryl methyl sites for hydroxylation is 1. The lowest BCUT2D eigenvalue weighted by Crippen LogP contribution is -2.31. The fraction of sp³-hybridized carbons (Fsp3) is 0.0952. The van der Waals surface area contributed by atoms with Crippen LogP contribution in [0.2, 0.25) is 0 Å². The molecule has 0 aromatic heterocycles. The number of nitrogens with one attached hydrogen (secondary N) is 1. The molecule has 4 rings (SSSR count). The second-order valence-electron chi connectivity index (χ2n) is 6.51. The average Bonchev–Trinajstić information content (AvgIpc) is 3.13. The number of carbonyl (C=O) groups excluding carboxylic acids is 2. The summed E-state index contributed by atoms with van der Waals surface area (Å²) in [4.78, 5) is 28.5. The zero-order valence-electron chi connectivity index (χ0n) is 15.2. The molecule has 0 bridgehead atoms. The highest BCUT2D eigenvalue weighted by molar-refractivity contribution is 6.53. The van der Waals surface area contributed by atoms with Crippen LogP contribution in [0.25, 0.3) is 0 Å². The minimum absolute atomic E-state index is 0.0247. The predicted octanol–water partition coefficient (Wildman–Crippen LogP) is 3.66. The topological polar surface area (TPSA) is 76.4 Å². The number of nitrogens with zero attached hydrogens (tertiary/aromatic N) is 3. The van der Waals surface area contributed by atoms with Gasteiger partial charge in [-0.1, -0.05) is 41.4 Å². The van der Waals surface area contributed by atoms with Crippen molar-refractivity contribution < 1.29 is 9.59 Å². The molecular formula is C21H15ClN4O2. The molecule has 0 fully saturated rings. The number of amides is 2. The van der Waals surface area contributed by atoms with E-state index >= 15 is 0 Å². The monoisotopic (exact) mass is 390 g/mol. The lowest BCUT2D eigenvalue weighted by molar-refractivity contribution is -0.120. The number of para-hydroxylation sites is 2. The minimum Gasteiger partial charge on any atom is -0.339 e. The highest BCUT2D eigenvalue weighted by Gasteiger charge is 2.42. The van der Waals surface area contributed by atoms with E-state index in [-0.39, 0.29) is 16.2 Å². The largest absolute Gasteiger partial charge is 0.339 e. The Balaban J connectivity index is 1.80. The second-order valence-corrected chi connectivity index (χ2v) is 6.88. The van der Waals surface area contributed by atoms with Crippen molar-refractivity contribution in [3.05, 3.63) is 76.1 Å². The lowest BCUT2D eigenvalue weighted by atomic mass is 10.1. The number of anilines is 3. The van der Waals surface area contributed by atoms with E-state index in [1.165, 1.54) is 0 Å². The summed E-state index contributed by atoms with van der Waals surface area (Å²) in [7, 11) is 1.78. The quantitative estimate of drug-likeness (QED) is 0.625. The molecule has 0 atom stereocenters. The Labute approximate surface area is 166 Å². The Morgan fingerprint density at radius 2 is 1.75 bits per heavy atom. The highest BCUT2D eigenvalue weighted by Crippen LogP contribution is 2.40. The molecule has 28 heavy (non-hydrogen) atoms. The van der Waals surface area contributed by atoms with Crippen LogP contribution >= 0.6 is 11.6 Å². The van der Waals surface area contributed by atoms with E-state index in [9.17, 15) is 14.9 Å². The molecule has 0 unspecified atom stereocenters. The zero-order chi connectivity index (χ0) is 20.0. The molecular weight excluding hydrogens is 376 g/mol.